The number of Topliss-reactive ketones (excluding diaryl/α,β-unsaturated/α-hetero) is 1. The highest BCUT2D eigenvalue weighted by Crippen LogP contribution is 2.42. The number of aliphatic hydroxyl groups excluding tert-OH is 1. The number of benzene rings is 2. The average Bonchev–Trinajstić information content (AvgIpc) is 3.07. The molecule has 0 saturated carbocycles. The van der Waals surface area contributed by atoms with Gasteiger partial charge >= 0.3 is 0 Å². The van der Waals surface area contributed by atoms with Gasteiger partial charge in [-0.05, 0) is 76.3 Å². The third-order valence-corrected chi connectivity index (χ3v) is 5.86. The zero-order valence-electron chi connectivity index (χ0n) is 21.4. The van der Waals surface area contributed by atoms with Crippen LogP contribution in [0.5, 0.6) is 17.2 Å². The molecule has 1 atom stereocenters. The van der Waals surface area contributed by atoms with E-state index < -0.39 is 17.7 Å². The first kappa shape index (κ1) is 26.1. The summed E-state index contributed by atoms with van der Waals surface area (Å²) in [6.07, 6.45) is 0.000204. The van der Waals surface area contributed by atoms with Gasteiger partial charge in [0.05, 0.1) is 31.9 Å². The van der Waals surface area contributed by atoms with E-state index >= 15 is 0 Å². The molecule has 35 heavy (non-hydrogen) atoms. The third-order valence-electron chi connectivity index (χ3n) is 5.86. The van der Waals surface area contributed by atoms with Gasteiger partial charge < -0.3 is 29.1 Å². The van der Waals surface area contributed by atoms with Gasteiger partial charge in [-0.2, -0.15) is 0 Å². The number of rotatable bonds is 9. The third kappa shape index (κ3) is 5.43. The largest absolute Gasteiger partial charge is 0.507 e. The van der Waals surface area contributed by atoms with E-state index in [1.54, 1.807) is 36.4 Å². The summed E-state index contributed by atoms with van der Waals surface area (Å²) in [5.74, 6) is 0.0899. The first-order valence-corrected chi connectivity index (χ1v) is 11.5. The fourth-order valence-electron chi connectivity index (χ4n) is 4.13. The van der Waals surface area contributed by atoms with Crippen LogP contribution in [-0.2, 0) is 9.59 Å². The van der Waals surface area contributed by atoms with Crippen molar-refractivity contribution < 1.29 is 28.9 Å². The second-order valence-electron chi connectivity index (χ2n) is 9.06. The topological polar surface area (TPSA) is 88.5 Å². The molecule has 1 saturated heterocycles. The Hall–Kier alpha value is -3.52. The summed E-state index contributed by atoms with van der Waals surface area (Å²) in [7, 11) is 6.85. The van der Waals surface area contributed by atoms with E-state index in [-0.39, 0.29) is 17.4 Å². The minimum absolute atomic E-state index is 0.000204. The minimum atomic E-state index is -0.776. The Bertz CT molecular complexity index is 1140. The first-order chi connectivity index (χ1) is 16.6. The molecule has 1 N–H and O–H groups in total. The van der Waals surface area contributed by atoms with E-state index in [1.165, 1.54) is 19.1 Å². The Morgan fingerprint density at radius 1 is 1.03 bits per heavy atom. The van der Waals surface area contributed by atoms with Gasteiger partial charge in [-0.1, -0.05) is 6.07 Å². The van der Waals surface area contributed by atoms with Crippen LogP contribution in [0.1, 0.15) is 36.6 Å². The zero-order valence-corrected chi connectivity index (χ0v) is 21.4. The lowest BCUT2D eigenvalue weighted by Gasteiger charge is -2.27. The lowest BCUT2D eigenvalue weighted by atomic mass is 9.94. The number of hydrogen-bond acceptors (Lipinski definition) is 7. The maximum atomic E-state index is 13.2. The standard InChI is InChI=1S/C27H34N2O6/c1-16(2)35-20-10-9-19(14-17(20)3)25(30)23-24(18-8-11-21(33-6)22(15-18)34-7)29(13-12-28(4)5)27(32)26(23)31/h8-11,14-16,24,30H,12-13H2,1-7H3/b25-23-. The van der Waals surface area contributed by atoms with Crippen molar-refractivity contribution in [2.24, 2.45) is 0 Å². The Balaban J connectivity index is 2.16. The van der Waals surface area contributed by atoms with E-state index in [1.807, 2.05) is 39.8 Å². The summed E-state index contributed by atoms with van der Waals surface area (Å²) in [5.41, 5.74) is 1.93. The van der Waals surface area contributed by atoms with E-state index in [4.69, 9.17) is 14.2 Å². The normalized spacial score (nSPS) is 17.4. The number of amides is 1. The summed E-state index contributed by atoms with van der Waals surface area (Å²) < 4.78 is 16.6. The maximum absolute atomic E-state index is 13.2. The van der Waals surface area contributed by atoms with Crippen LogP contribution in [0.15, 0.2) is 42.0 Å². The van der Waals surface area contributed by atoms with Gasteiger partial charge in [0.2, 0.25) is 0 Å². The maximum Gasteiger partial charge on any atom is 0.295 e. The van der Waals surface area contributed by atoms with E-state index in [0.29, 0.717) is 41.5 Å². The van der Waals surface area contributed by atoms with Crippen molar-refractivity contribution in [2.45, 2.75) is 32.9 Å². The Labute approximate surface area is 206 Å². The average molecular weight is 483 g/mol. The van der Waals surface area contributed by atoms with Crippen LogP contribution in [0.3, 0.4) is 0 Å². The number of aryl methyl sites for hydroxylation is 1. The molecule has 188 valence electrons. The summed E-state index contributed by atoms with van der Waals surface area (Å²) in [5, 5.41) is 11.3. The molecule has 8 nitrogen and oxygen atoms in total. The molecule has 1 amide bonds. The van der Waals surface area contributed by atoms with Crippen LogP contribution in [-0.4, -0.2) is 74.1 Å². The summed E-state index contributed by atoms with van der Waals surface area (Å²) in [6, 6.07) is 9.67. The van der Waals surface area contributed by atoms with Gasteiger partial charge in [0.25, 0.3) is 11.7 Å². The van der Waals surface area contributed by atoms with Crippen LogP contribution in [0.25, 0.3) is 5.76 Å². The molecule has 0 radical (unpaired) electrons. The van der Waals surface area contributed by atoms with Gasteiger partial charge in [-0.15, -0.1) is 0 Å². The number of hydrogen-bond donors (Lipinski definition) is 1. The molecule has 1 heterocycles. The molecule has 3 rings (SSSR count). The summed E-state index contributed by atoms with van der Waals surface area (Å²) in [6.45, 7) is 6.61. The van der Waals surface area contributed by atoms with Crippen LogP contribution < -0.4 is 14.2 Å². The number of likely N-dealkylation sites (tertiary alicyclic amines) is 1. The molecule has 2 aromatic carbocycles. The molecule has 0 bridgehead atoms. The quantitative estimate of drug-likeness (QED) is 0.331. The smallest absolute Gasteiger partial charge is 0.295 e. The van der Waals surface area contributed by atoms with Crippen molar-refractivity contribution in [3.8, 4) is 17.2 Å². The predicted octanol–water partition coefficient (Wildman–Crippen LogP) is 3.78. The number of ketones is 1. The van der Waals surface area contributed by atoms with Gasteiger partial charge in [0, 0.05) is 18.7 Å². The molecule has 1 unspecified atom stereocenters. The van der Waals surface area contributed by atoms with E-state index in [0.717, 1.165) is 5.56 Å². The highest BCUT2D eigenvalue weighted by atomic mass is 16.5. The van der Waals surface area contributed by atoms with Crippen molar-refractivity contribution in [2.75, 3.05) is 41.4 Å². The van der Waals surface area contributed by atoms with Crippen molar-refractivity contribution >= 4 is 17.4 Å². The van der Waals surface area contributed by atoms with Crippen molar-refractivity contribution in [3.63, 3.8) is 0 Å². The second kappa shape index (κ2) is 10.8. The number of likely N-dealkylation sites (N-methyl/N-ethyl adjacent to an activating group) is 1. The van der Waals surface area contributed by atoms with Gasteiger partial charge in [0.1, 0.15) is 11.5 Å². The Morgan fingerprint density at radius 3 is 2.26 bits per heavy atom. The van der Waals surface area contributed by atoms with Crippen LogP contribution in [0.2, 0.25) is 0 Å². The monoisotopic (exact) mass is 482 g/mol. The highest BCUT2D eigenvalue weighted by molar-refractivity contribution is 6.46. The number of aliphatic hydroxyl groups is 1. The number of nitrogens with zero attached hydrogens (tertiary/aromatic N) is 2. The Kier molecular flexibility index (Phi) is 8.07. The summed E-state index contributed by atoms with van der Waals surface area (Å²) in [4.78, 5) is 29.8. The fraction of sp³-hybridized carbons (Fsp3) is 0.407. The highest BCUT2D eigenvalue weighted by Gasteiger charge is 2.46. The number of ether oxygens (including phenoxy) is 3. The van der Waals surface area contributed by atoms with Gasteiger partial charge in [-0.25, -0.2) is 0 Å². The van der Waals surface area contributed by atoms with Crippen LogP contribution >= 0.6 is 0 Å². The van der Waals surface area contributed by atoms with E-state index in [9.17, 15) is 14.7 Å². The zero-order chi connectivity index (χ0) is 25.9. The van der Waals surface area contributed by atoms with Crippen molar-refractivity contribution in [1.82, 2.24) is 9.80 Å². The number of carbonyl (C=O) groups excluding carboxylic acids is 2. The molecular formula is C27H34N2O6. The molecule has 1 fully saturated rings. The molecule has 0 aromatic heterocycles. The minimum Gasteiger partial charge on any atom is -0.507 e. The molecule has 2 aromatic rings. The lowest BCUT2D eigenvalue weighted by molar-refractivity contribution is -0.140. The molecule has 0 aliphatic carbocycles. The van der Waals surface area contributed by atoms with Crippen LogP contribution in [0, 0.1) is 6.92 Å². The summed E-state index contributed by atoms with van der Waals surface area (Å²) >= 11 is 0. The SMILES string of the molecule is COc1ccc(C2/C(=C(/O)c3ccc(OC(C)C)c(C)c3)C(=O)C(=O)N2CCN(C)C)cc1OC. The molecular weight excluding hydrogens is 448 g/mol. The number of methoxy groups -OCH3 is 2. The fourth-order valence-corrected chi connectivity index (χ4v) is 4.13. The molecule has 1 aliphatic heterocycles. The molecule has 1 aliphatic rings. The molecule has 0 spiro atoms. The van der Waals surface area contributed by atoms with Gasteiger partial charge in [0.15, 0.2) is 11.5 Å². The van der Waals surface area contributed by atoms with Crippen molar-refractivity contribution in [1.29, 1.82) is 0 Å². The molecule has 8 heteroatoms. The second-order valence-corrected chi connectivity index (χ2v) is 9.06. The number of carbonyl (C=O) groups is 2. The first-order valence-electron chi connectivity index (χ1n) is 11.5. The van der Waals surface area contributed by atoms with E-state index in [2.05, 4.69) is 0 Å². The van der Waals surface area contributed by atoms with Gasteiger partial charge in [-0.3, -0.25) is 9.59 Å². The Morgan fingerprint density at radius 2 is 1.69 bits per heavy atom. The lowest BCUT2D eigenvalue weighted by Crippen LogP contribution is -2.35. The predicted molar refractivity (Wildman–Crippen MR) is 134 cm³/mol. The van der Waals surface area contributed by atoms with Crippen LogP contribution in [0.4, 0.5) is 0 Å². The van der Waals surface area contributed by atoms with Crippen molar-refractivity contribution in [3.05, 3.63) is 58.7 Å².